The lowest BCUT2D eigenvalue weighted by molar-refractivity contribution is -0.139. The van der Waals surface area contributed by atoms with Crippen molar-refractivity contribution in [2.75, 3.05) is 5.32 Å². The summed E-state index contributed by atoms with van der Waals surface area (Å²) in [5.41, 5.74) is 1.43. The second-order valence-electron chi connectivity index (χ2n) is 8.04. The third-order valence-electron chi connectivity index (χ3n) is 5.85. The Bertz CT molecular complexity index is 1350. The van der Waals surface area contributed by atoms with Crippen LogP contribution in [0, 0.1) is 6.92 Å². The molecule has 1 aliphatic carbocycles. The van der Waals surface area contributed by atoms with E-state index in [0.717, 1.165) is 30.3 Å². The Morgan fingerprint density at radius 1 is 1.24 bits per heavy atom. The molecule has 1 saturated carbocycles. The highest BCUT2D eigenvalue weighted by molar-refractivity contribution is 7.29. The zero-order chi connectivity index (χ0) is 23.3. The standard InChI is InChI=1S/C23H19ClN2O5S2/c1-11-5-3-4-6-13(11)12(2)30-22(29)25-18-19(31-26-20(18)24)16-9-14-15(32-16)10-17(33-14)23(7-8-23)21(27)28/h3-6,9-10,12H,7-8H2,1-2H3,(H,25,29)(H,27,28). The van der Waals surface area contributed by atoms with E-state index in [-0.39, 0.29) is 10.8 Å². The lowest BCUT2D eigenvalue weighted by atomic mass is 10.1. The van der Waals surface area contributed by atoms with E-state index >= 15 is 0 Å². The van der Waals surface area contributed by atoms with Crippen LogP contribution in [0.15, 0.2) is 40.9 Å². The SMILES string of the molecule is Cc1ccccc1C(C)OC(=O)Nc1c(Cl)noc1-c1cc2sc(C3(C(=O)O)CC3)cc2s1. The summed E-state index contributed by atoms with van der Waals surface area (Å²) in [7, 11) is 0. The summed E-state index contributed by atoms with van der Waals surface area (Å²) in [6, 6.07) is 11.5. The fraction of sp³-hybridized carbons (Fsp3) is 0.261. The van der Waals surface area contributed by atoms with Crippen LogP contribution in [-0.4, -0.2) is 22.3 Å². The minimum atomic E-state index is -0.774. The molecule has 3 aromatic heterocycles. The summed E-state index contributed by atoms with van der Waals surface area (Å²) in [5.74, 6) is -0.446. The van der Waals surface area contributed by atoms with Crippen LogP contribution in [0.4, 0.5) is 10.5 Å². The highest BCUT2D eigenvalue weighted by atomic mass is 35.5. The number of amides is 1. The van der Waals surface area contributed by atoms with Gasteiger partial charge in [0.25, 0.3) is 0 Å². The van der Waals surface area contributed by atoms with Crippen LogP contribution >= 0.6 is 34.3 Å². The number of aromatic nitrogens is 1. The Hall–Kier alpha value is -2.88. The number of hydrogen-bond donors (Lipinski definition) is 2. The van der Waals surface area contributed by atoms with E-state index in [1.807, 2.05) is 43.3 Å². The number of nitrogens with zero attached hydrogens (tertiary/aromatic N) is 1. The van der Waals surface area contributed by atoms with Gasteiger partial charge in [-0.25, -0.2) is 4.79 Å². The van der Waals surface area contributed by atoms with Crippen molar-refractivity contribution < 1.29 is 24.0 Å². The molecule has 1 aliphatic rings. The number of ether oxygens (including phenoxy) is 1. The summed E-state index contributed by atoms with van der Waals surface area (Å²) >= 11 is 9.08. The molecule has 0 spiro atoms. The Balaban J connectivity index is 1.36. The molecule has 3 heterocycles. The van der Waals surface area contributed by atoms with Crippen molar-refractivity contribution in [2.45, 2.75) is 38.2 Å². The first kappa shape index (κ1) is 21.9. The first-order valence-corrected chi connectivity index (χ1v) is 12.3. The third-order valence-corrected chi connectivity index (χ3v) is 8.60. The number of aliphatic carboxylic acids is 1. The number of carboxylic acid groups (broad SMARTS) is 1. The maximum atomic E-state index is 12.6. The molecule has 1 atom stereocenters. The molecule has 10 heteroatoms. The predicted octanol–water partition coefficient (Wildman–Crippen LogP) is 7.01. The maximum Gasteiger partial charge on any atom is 0.412 e. The molecule has 0 radical (unpaired) electrons. The summed E-state index contributed by atoms with van der Waals surface area (Å²) in [4.78, 5) is 25.8. The van der Waals surface area contributed by atoms with Gasteiger partial charge in [-0.15, -0.1) is 22.7 Å². The Labute approximate surface area is 201 Å². The summed E-state index contributed by atoms with van der Waals surface area (Å²) in [6.07, 6.45) is 0.202. The van der Waals surface area contributed by atoms with Crippen LogP contribution in [-0.2, 0) is 14.9 Å². The van der Waals surface area contributed by atoms with Crippen LogP contribution < -0.4 is 5.32 Å². The molecule has 7 nitrogen and oxygen atoms in total. The van der Waals surface area contributed by atoms with E-state index in [2.05, 4.69) is 10.5 Å². The van der Waals surface area contributed by atoms with E-state index in [0.29, 0.717) is 18.6 Å². The predicted molar refractivity (Wildman–Crippen MR) is 128 cm³/mol. The van der Waals surface area contributed by atoms with Gasteiger partial charge in [-0.1, -0.05) is 41.0 Å². The lowest BCUT2D eigenvalue weighted by Gasteiger charge is -2.16. The van der Waals surface area contributed by atoms with E-state index < -0.39 is 23.6 Å². The first-order chi connectivity index (χ1) is 15.8. The van der Waals surface area contributed by atoms with Gasteiger partial charge in [0.15, 0.2) is 5.15 Å². The van der Waals surface area contributed by atoms with Gasteiger partial charge in [-0.05, 0) is 49.9 Å². The maximum absolute atomic E-state index is 12.6. The van der Waals surface area contributed by atoms with E-state index in [1.54, 1.807) is 6.92 Å². The second kappa shape index (κ2) is 8.16. The average Bonchev–Trinajstić information content (AvgIpc) is 3.18. The van der Waals surface area contributed by atoms with Crippen molar-refractivity contribution in [1.29, 1.82) is 0 Å². The molecular weight excluding hydrogens is 484 g/mol. The molecule has 0 bridgehead atoms. The normalized spacial score (nSPS) is 15.4. The topological polar surface area (TPSA) is 102 Å². The number of carbonyl (C=O) groups excluding carboxylic acids is 1. The molecular formula is C23H19ClN2O5S2. The van der Waals surface area contributed by atoms with Crippen molar-refractivity contribution in [1.82, 2.24) is 5.16 Å². The van der Waals surface area contributed by atoms with Crippen LogP contribution in [0.5, 0.6) is 0 Å². The fourth-order valence-electron chi connectivity index (χ4n) is 3.82. The van der Waals surface area contributed by atoms with Gasteiger partial charge in [0.2, 0.25) is 5.76 Å². The van der Waals surface area contributed by atoms with Gasteiger partial charge in [-0.2, -0.15) is 0 Å². The minimum Gasteiger partial charge on any atom is -0.481 e. The quantitative estimate of drug-likeness (QED) is 0.294. The molecule has 0 aliphatic heterocycles. The first-order valence-electron chi connectivity index (χ1n) is 10.2. The largest absolute Gasteiger partial charge is 0.481 e. The van der Waals surface area contributed by atoms with E-state index in [4.69, 9.17) is 20.9 Å². The van der Waals surface area contributed by atoms with Crippen molar-refractivity contribution in [3.8, 4) is 10.6 Å². The molecule has 1 aromatic carbocycles. The van der Waals surface area contributed by atoms with Gasteiger partial charge in [0, 0.05) is 14.3 Å². The summed E-state index contributed by atoms with van der Waals surface area (Å²) < 4.78 is 12.8. The molecule has 4 aromatic rings. The molecule has 5 rings (SSSR count). The number of aryl methyl sites for hydroxylation is 1. The number of thiophene rings is 2. The number of halogens is 1. The van der Waals surface area contributed by atoms with Crippen molar-refractivity contribution in [3.05, 3.63) is 57.6 Å². The van der Waals surface area contributed by atoms with Crippen LogP contribution in [0.25, 0.3) is 20.0 Å². The molecule has 1 amide bonds. The monoisotopic (exact) mass is 502 g/mol. The average molecular weight is 503 g/mol. The molecule has 0 saturated heterocycles. The second-order valence-corrected chi connectivity index (χ2v) is 10.6. The van der Waals surface area contributed by atoms with Gasteiger partial charge in [0.05, 0.1) is 4.88 Å². The number of nitrogens with one attached hydrogen (secondary N) is 1. The number of fused-ring (bicyclic) bond motifs is 1. The molecule has 1 fully saturated rings. The van der Waals surface area contributed by atoms with Crippen LogP contribution in [0.3, 0.4) is 0 Å². The lowest BCUT2D eigenvalue weighted by Crippen LogP contribution is -2.17. The number of rotatable bonds is 6. The Morgan fingerprint density at radius 3 is 2.64 bits per heavy atom. The highest BCUT2D eigenvalue weighted by Gasteiger charge is 2.53. The fourth-order valence-corrected chi connectivity index (χ4v) is 6.61. The zero-order valence-electron chi connectivity index (χ0n) is 17.7. The van der Waals surface area contributed by atoms with Crippen molar-refractivity contribution >= 4 is 61.4 Å². The number of carboxylic acids is 1. The van der Waals surface area contributed by atoms with Gasteiger partial charge in [0.1, 0.15) is 17.2 Å². The van der Waals surface area contributed by atoms with Crippen LogP contribution in [0.2, 0.25) is 5.15 Å². The molecule has 1 unspecified atom stereocenters. The third kappa shape index (κ3) is 3.90. The van der Waals surface area contributed by atoms with E-state index in [1.165, 1.54) is 22.7 Å². The minimum absolute atomic E-state index is 0.0192. The van der Waals surface area contributed by atoms with E-state index in [9.17, 15) is 14.7 Å². The van der Waals surface area contributed by atoms with Crippen molar-refractivity contribution in [2.24, 2.45) is 0 Å². The summed E-state index contributed by atoms with van der Waals surface area (Å²) in [6.45, 7) is 3.75. The number of carbonyl (C=O) groups is 2. The van der Waals surface area contributed by atoms with Crippen LogP contribution in [0.1, 0.15) is 41.9 Å². The molecule has 170 valence electrons. The number of anilines is 1. The summed E-state index contributed by atoms with van der Waals surface area (Å²) in [5, 5.41) is 16.0. The molecule has 33 heavy (non-hydrogen) atoms. The Kier molecular flexibility index (Phi) is 5.43. The smallest absolute Gasteiger partial charge is 0.412 e. The number of benzene rings is 1. The van der Waals surface area contributed by atoms with Gasteiger partial charge < -0.3 is 14.4 Å². The Morgan fingerprint density at radius 2 is 1.97 bits per heavy atom. The highest BCUT2D eigenvalue weighted by Crippen LogP contribution is 2.53. The van der Waals surface area contributed by atoms with Gasteiger partial charge >= 0.3 is 12.1 Å². The zero-order valence-corrected chi connectivity index (χ0v) is 20.1. The van der Waals surface area contributed by atoms with Gasteiger partial charge in [-0.3, -0.25) is 10.1 Å². The van der Waals surface area contributed by atoms with Crippen molar-refractivity contribution in [3.63, 3.8) is 0 Å². The number of hydrogen-bond acceptors (Lipinski definition) is 7. The molecule has 2 N–H and O–H groups in total.